The Morgan fingerprint density at radius 2 is 1.67 bits per heavy atom. The van der Waals surface area contributed by atoms with E-state index in [1.807, 2.05) is 19.1 Å². The molecule has 4 rings (SSSR count). The van der Waals surface area contributed by atoms with Crippen molar-refractivity contribution in [2.75, 3.05) is 0 Å². The van der Waals surface area contributed by atoms with Crippen LogP contribution < -0.4 is 16.4 Å². The molecule has 1 aromatic heterocycles. The van der Waals surface area contributed by atoms with Crippen molar-refractivity contribution in [1.29, 1.82) is 0 Å². The zero-order chi connectivity index (χ0) is 27.9. The number of thiazole rings is 1. The van der Waals surface area contributed by atoms with E-state index in [2.05, 4.69) is 41.0 Å². The highest BCUT2D eigenvalue weighted by atomic mass is 32.1. The Kier molecular flexibility index (Phi) is 8.93. The number of nitrogens with two attached hydrogens (primary N) is 1. The molecule has 3 amide bonds. The van der Waals surface area contributed by atoms with Gasteiger partial charge < -0.3 is 21.5 Å². The summed E-state index contributed by atoms with van der Waals surface area (Å²) >= 11 is 1.46. The number of nitrogens with zero attached hydrogens (tertiary/aromatic N) is 1. The van der Waals surface area contributed by atoms with Crippen LogP contribution >= 0.6 is 11.3 Å². The van der Waals surface area contributed by atoms with Crippen LogP contribution in [0.15, 0.2) is 66.7 Å². The van der Waals surface area contributed by atoms with Gasteiger partial charge >= 0.3 is 0 Å². The first-order valence-corrected chi connectivity index (χ1v) is 13.6. The van der Waals surface area contributed by atoms with Gasteiger partial charge in [-0.15, -0.1) is 11.3 Å². The molecule has 0 fully saturated rings. The molecule has 9 heteroatoms. The molecule has 2 atom stereocenters. The third-order valence-corrected chi connectivity index (χ3v) is 7.72. The topological polar surface area (TPSA) is 134 Å². The molecule has 0 spiro atoms. The minimum Gasteiger partial charge on any atom is -0.508 e. The number of carbonyl (C=O) groups excluding carboxylic acids is 3. The van der Waals surface area contributed by atoms with Crippen molar-refractivity contribution in [2.45, 2.75) is 51.6 Å². The summed E-state index contributed by atoms with van der Waals surface area (Å²) in [4.78, 5) is 42.3. The molecule has 0 saturated heterocycles. The SMILES string of the molecule is CC(=O)NC(Cc1ccc(O)cc1)C(=O)N[C@@H](C)c1nc(Cc2ccc3ccccc3c2)c(CCC(N)=O)s1. The molecule has 0 aliphatic carbocycles. The average molecular weight is 545 g/mol. The van der Waals surface area contributed by atoms with E-state index in [1.165, 1.54) is 18.3 Å². The third-order valence-electron chi connectivity index (χ3n) is 6.38. The molecule has 1 heterocycles. The number of carbonyl (C=O) groups is 3. The number of primary amides is 1. The van der Waals surface area contributed by atoms with Crippen molar-refractivity contribution in [2.24, 2.45) is 5.73 Å². The molecule has 8 nitrogen and oxygen atoms in total. The van der Waals surface area contributed by atoms with Crippen LogP contribution in [0.3, 0.4) is 0 Å². The predicted octanol–water partition coefficient (Wildman–Crippen LogP) is 3.94. The molecule has 4 aromatic rings. The van der Waals surface area contributed by atoms with Crippen LogP contribution in [0.25, 0.3) is 10.8 Å². The van der Waals surface area contributed by atoms with Gasteiger partial charge in [0, 0.05) is 31.1 Å². The number of hydrogen-bond acceptors (Lipinski definition) is 6. The van der Waals surface area contributed by atoms with Gasteiger partial charge in [0.1, 0.15) is 16.8 Å². The maximum Gasteiger partial charge on any atom is 0.243 e. The highest BCUT2D eigenvalue weighted by molar-refractivity contribution is 7.11. The predicted molar refractivity (Wildman–Crippen MR) is 152 cm³/mol. The molecule has 0 radical (unpaired) electrons. The van der Waals surface area contributed by atoms with Gasteiger partial charge in [-0.05, 0) is 47.4 Å². The average Bonchev–Trinajstić information content (AvgIpc) is 3.30. The fourth-order valence-electron chi connectivity index (χ4n) is 4.40. The summed E-state index contributed by atoms with van der Waals surface area (Å²) in [5.74, 6) is -0.906. The van der Waals surface area contributed by atoms with E-state index in [0.29, 0.717) is 17.8 Å². The molecule has 0 aliphatic rings. The molecule has 3 aromatic carbocycles. The summed E-state index contributed by atoms with van der Waals surface area (Å²) in [5, 5.41) is 18.2. The fourth-order valence-corrected chi connectivity index (χ4v) is 5.48. The summed E-state index contributed by atoms with van der Waals surface area (Å²) in [6.07, 6.45) is 1.55. The largest absolute Gasteiger partial charge is 0.508 e. The van der Waals surface area contributed by atoms with Gasteiger partial charge in [0.25, 0.3) is 0 Å². The van der Waals surface area contributed by atoms with Crippen LogP contribution in [0.2, 0.25) is 0 Å². The zero-order valence-electron chi connectivity index (χ0n) is 21.9. The van der Waals surface area contributed by atoms with E-state index in [0.717, 1.165) is 32.5 Å². The Morgan fingerprint density at radius 3 is 2.36 bits per heavy atom. The van der Waals surface area contributed by atoms with Crippen molar-refractivity contribution in [3.8, 4) is 5.75 Å². The summed E-state index contributed by atoms with van der Waals surface area (Å²) in [6, 6.07) is 19.7. The first kappa shape index (κ1) is 27.8. The molecule has 0 bridgehead atoms. The Labute approximate surface area is 231 Å². The summed E-state index contributed by atoms with van der Waals surface area (Å²) in [5.41, 5.74) is 8.18. The van der Waals surface area contributed by atoms with Gasteiger partial charge in [-0.1, -0.05) is 54.6 Å². The van der Waals surface area contributed by atoms with E-state index >= 15 is 0 Å². The van der Waals surface area contributed by atoms with Gasteiger partial charge in [0.05, 0.1) is 11.7 Å². The second kappa shape index (κ2) is 12.5. The van der Waals surface area contributed by atoms with E-state index in [1.54, 1.807) is 24.3 Å². The Hall–Kier alpha value is -4.24. The van der Waals surface area contributed by atoms with Crippen molar-refractivity contribution < 1.29 is 19.5 Å². The van der Waals surface area contributed by atoms with Crippen molar-refractivity contribution in [1.82, 2.24) is 15.6 Å². The Bertz CT molecular complexity index is 1480. The van der Waals surface area contributed by atoms with Gasteiger partial charge in [0.15, 0.2) is 0 Å². The number of phenols is 1. The summed E-state index contributed by atoms with van der Waals surface area (Å²) < 4.78 is 0. The number of aromatic nitrogens is 1. The van der Waals surface area contributed by atoms with E-state index in [9.17, 15) is 19.5 Å². The number of amides is 3. The molecule has 5 N–H and O–H groups in total. The smallest absolute Gasteiger partial charge is 0.243 e. The number of aryl methyl sites for hydroxylation is 1. The van der Waals surface area contributed by atoms with Gasteiger partial charge in [-0.2, -0.15) is 0 Å². The maximum atomic E-state index is 13.2. The minimum absolute atomic E-state index is 0.128. The normalized spacial score (nSPS) is 12.6. The number of fused-ring (bicyclic) bond motifs is 1. The monoisotopic (exact) mass is 544 g/mol. The van der Waals surface area contributed by atoms with Crippen LogP contribution in [0.1, 0.15) is 53.0 Å². The molecule has 0 aliphatic heterocycles. The molecular weight excluding hydrogens is 512 g/mol. The molecule has 0 saturated carbocycles. The van der Waals surface area contributed by atoms with E-state index in [-0.39, 0.29) is 36.3 Å². The lowest BCUT2D eigenvalue weighted by Gasteiger charge is -2.20. The quantitative estimate of drug-likeness (QED) is 0.227. The van der Waals surface area contributed by atoms with E-state index in [4.69, 9.17) is 10.7 Å². The van der Waals surface area contributed by atoms with Gasteiger partial charge in [-0.25, -0.2) is 4.98 Å². The van der Waals surface area contributed by atoms with Crippen LogP contribution in [-0.2, 0) is 33.6 Å². The van der Waals surface area contributed by atoms with Crippen LogP contribution in [0, 0.1) is 0 Å². The second-order valence-corrected chi connectivity index (χ2v) is 10.7. The van der Waals surface area contributed by atoms with Crippen LogP contribution in [0.4, 0.5) is 0 Å². The molecular formula is C30H32N4O4S. The lowest BCUT2D eigenvalue weighted by molar-refractivity contribution is -0.128. The zero-order valence-corrected chi connectivity index (χ0v) is 22.8. The van der Waals surface area contributed by atoms with Crippen molar-refractivity contribution in [3.05, 3.63) is 93.4 Å². The van der Waals surface area contributed by atoms with E-state index < -0.39 is 12.1 Å². The number of rotatable bonds is 11. The first-order valence-electron chi connectivity index (χ1n) is 12.8. The lowest BCUT2D eigenvalue weighted by Crippen LogP contribution is -2.47. The molecule has 1 unspecified atom stereocenters. The van der Waals surface area contributed by atoms with Crippen LogP contribution in [-0.4, -0.2) is 33.9 Å². The second-order valence-electron chi connectivity index (χ2n) is 9.60. The summed E-state index contributed by atoms with van der Waals surface area (Å²) in [6.45, 7) is 3.21. The third kappa shape index (κ3) is 7.64. The van der Waals surface area contributed by atoms with Gasteiger partial charge in [-0.3, -0.25) is 14.4 Å². The Balaban J connectivity index is 1.53. The lowest BCUT2D eigenvalue weighted by atomic mass is 10.0. The highest BCUT2D eigenvalue weighted by Gasteiger charge is 2.24. The fraction of sp³-hybridized carbons (Fsp3) is 0.267. The number of nitrogens with one attached hydrogen (secondary N) is 2. The maximum absolute atomic E-state index is 13.2. The van der Waals surface area contributed by atoms with Crippen molar-refractivity contribution in [3.63, 3.8) is 0 Å². The van der Waals surface area contributed by atoms with Gasteiger partial charge in [0.2, 0.25) is 17.7 Å². The first-order chi connectivity index (χ1) is 18.7. The van der Waals surface area contributed by atoms with Crippen molar-refractivity contribution >= 4 is 39.8 Å². The standard InChI is InChI=1S/C30H32N4O4S/c1-18(32-29(38)26(33-19(2)35)16-20-8-11-24(36)12-9-20)30-34-25(27(39-30)13-14-28(31)37)17-21-7-10-22-5-3-4-6-23(22)15-21/h3-12,15,18,26,36H,13-14,16-17H2,1-2H3,(H2,31,37)(H,32,38)(H,33,35)/t18-,26?/m0/s1. The summed E-state index contributed by atoms with van der Waals surface area (Å²) in [7, 11) is 0. The number of phenolic OH excluding ortho intramolecular Hbond substituents is 1. The highest BCUT2D eigenvalue weighted by Crippen LogP contribution is 2.28. The number of hydrogen-bond donors (Lipinski definition) is 4. The molecule has 39 heavy (non-hydrogen) atoms. The Morgan fingerprint density at radius 1 is 0.974 bits per heavy atom. The molecule has 202 valence electrons. The number of aromatic hydroxyl groups is 1. The number of benzene rings is 3. The minimum atomic E-state index is -0.791. The van der Waals surface area contributed by atoms with Crippen LogP contribution in [0.5, 0.6) is 5.75 Å².